The van der Waals surface area contributed by atoms with Gasteiger partial charge in [-0.1, -0.05) is 19.4 Å². The summed E-state index contributed by atoms with van der Waals surface area (Å²) in [6, 6.07) is 6.26. The van der Waals surface area contributed by atoms with E-state index in [0.29, 0.717) is 18.0 Å². The predicted molar refractivity (Wildman–Crippen MR) is 86.2 cm³/mol. The van der Waals surface area contributed by atoms with Gasteiger partial charge in [0.05, 0.1) is 4.90 Å². The third-order valence-corrected chi connectivity index (χ3v) is 5.19. The standard InChI is InChI=1S/C16H24N2O3S/c1-3-5-12(2)18-16(19)14-6-4-7-15(10-14)22(20,21)17-11-13-8-9-13/h4,6-7,10,12-13,17H,3,5,8-9,11H2,1-2H3,(H,18,19). The molecular weight excluding hydrogens is 300 g/mol. The van der Waals surface area contributed by atoms with E-state index in [1.54, 1.807) is 12.1 Å². The maximum atomic E-state index is 12.2. The summed E-state index contributed by atoms with van der Waals surface area (Å²) >= 11 is 0. The van der Waals surface area contributed by atoms with E-state index in [1.165, 1.54) is 12.1 Å². The molecule has 1 fully saturated rings. The summed E-state index contributed by atoms with van der Waals surface area (Å²) in [7, 11) is -3.54. The highest BCUT2D eigenvalue weighted by Gasteiger charge is 2.24. The molecule has 0 aliphatic heterocycles. The number of amides is 1. The molecule has 0 radical (unpaired) electrons. The van der Waals surface area contributed by atoms with E-state index in [-0.39, 0.29) is 16.8 Å². The Hall–Kier alpha value is -1.40. The van der Waals surface area contributed by atoms with Crippen molar-refractivity contribution < 1.29 is 13.2 Å². The van der Waals surface area contributed by atoms with Gasteiger partial charge in [0, 0.05) is 18.2 Å². The van der Waals surface area contributed by atoms with Gasteiger partial charge in [0.15, 0.2) is 0 Å². The lowest BCUT2D eigenvalue weighted by molar-refractivity contribution is 0.0938. The van der Waals surface area contributed by atoms with Gasteiger partial charge in [0.1, 0.15) is 0 Å². The van der Waals surface area contributed by atoms with Gasteiger partial charge in [-0.2, -0.15) is 0 Å². The molecule has 0 spiro atoms. The van der Waals surface area contributed by atoms with E-state index in [4.69, 9.17) is 0 Å². The number of nitrogens with one attached hydrogen (secondary N) is 2. The van der Waals surface area contributed by atoms with Gasteiger partial charge in [-0.05, 0) is 50.3 Å². The Morgan fingerprint density at radius 1 is 1.36 bits per heavy atom. The first-order valence-electron chi connectivity index (χ1n) is 7.83. The fraction of sp³-hybridized carbons (Fsp3) is 0.562. The van der Waals surface area contributed by atoms with Crippen LogP contribution in [-0.4, -0.2) is 26.9 Å². The first-order valence-corrected chi connectivity index (χ1v) is 9.31. The van der Waals surface area contributed by atoms with Crippen molar-refractivity contribution >= 4 is 15.9 Å². The maximum Gasteiger partial charge on any atom is 0.251 e. The van der Waals surface area contributed by atoms with Crippen LogP contribution in [0.3, 0.4) is 0 Å². The Labute approximate surface area is 132 Å². The van der Waals surface area contributed by atoms with Crippen molar-refractivity contribution in [3.63, 3.8) is 0 Å². The Balaban J connectivity index is 2.06. The number of hydrogen-bond acceptors (Lipinski definition) is 3. The number of carbonyl (C=O) groups excluding carboxylic acids is 1. The highest BCUT2D eigenvalue weighted by atomic mass is 32.2. The highest BCUT2D eigenvalue weighted by molar-refractivity contribution is 7.89. The molecule has 5 nitrogen and oxygen atoms in total. The van der Waals surface area contributed by atoms with E-state index >= 15 is 0 Å². The molecule has 1 aliphatic rings. The van der Waals surface area contributed by atoms with Gasteiger partial charge < -0.3 is 5.32 Å². The largest absolute Gasteiger partial charge is 0.350 e. The van der Waals surface area contributed by atoms with Crippen molar-refractivity contribution in [1.29, 1.82) is 0 Å². The topological polar surface area (TPSA) is 75.3 Å². The molecule has 1 aromatic carbocycles. The molecule has 122 valence electrons. The van der Waals surface area contributed by atoms with E-state index in [0.717, 1.165) is 25.7 Å². The predicted octanol–water partition coefficient (Wildman–Crippen LogP) is 2.29. The van der Waals surface area contributed by atoms with Gasteiger partial charge in [-0.25, -0.2) is 13.1 Å². The van der Waals surface area contributed by atoms with Crippen molar-refractivity contribution in [3.8, 4) is 0 Å². The minimum absolute atomic E-state index is 0.0748. The molecule has 0 aromatic heterocycles. The third kappa shape index (κ3) is 4.81. The molecule has 1 atom stereocenters. The van der Waals surface area contributed by atoms with Crippen molar-refractivity contribution in [1.82, 2.24) is 10.0 Å². The molecule has 0 heterocycles. The zero-order valence-corrected chi connectivity index (χ0v) is 13.9. The molecule has 1 amide bonds. The molecular formula is C16H24N2O3S. The summed E-state index contributed by atoms with van der Waals surface area (Å²) in [5.41, 5.74) is 0.372. The first-order chi connectivity index (χ1) is 10.4. The third-order valence-electron chi connectivity index (χ3n) is 3.76. The molecule has 2 rings (SSSR count). The summed E-state index contributed by atoms with van der Waals surface area (Å²) in [4.78, 5) is 12.3. The Morgan fingerprint density at radius 2 is 2.09 bits per heavy atom. The molecule has 6 heteroatoms. The van der Waals surface area contributed by atoms with Crippen LogP contribution in [0, 0.1) is 5.92 Å². The SMILES string of the molecule is CCCC(C)NC(=O)c1cccc(S(=O)(=O)NCC2CC2)c1. The van der Waals surface area contributed by atoms with Gasteiger partial charge >= 0.3 is 0 Å². The van der Waals surface area contributed by atoms with E-state index < -0.39 is 10.0 Å². The van der Waals surface area contributed by atoms with Crippen LogP contribution in [0.4, 0.5) is 0 Å². The minimum Gasteiger partial charge on any atom is -0.350 e. The average molecular weight is 324 g/mol. The quantitative estimate of drug-likeness (QED) is 0.770. The van der Waals surface area contributed by atoms with Crippen LogP contribution < -0.4 is 10.0 Å². The van der Waals surface area contributed by atoms with Crippen LogP contribution in [0.1, 0.15) is 49.9 Å². The lowest BCUT2D eigenvalue weighted by Crippen LogP contribution is -2.32. The maximum absolute atomic E-state index is 12.2. The highest BCUT2D eigenvalue weighted by Crippen LogP contribution is 2.28. The average Bonchev–Trinajstić information content (AvgIpc) is 3.30. The van der Waals surface area contributed by atoms with Crippen LogP contribution in [0.15, 0.2) is 29.2 Å². The molecule has 0 bridgehead atoms. The lowest BCUT2D eigenvalue weighted by Gasteiger charge is -2.13. The van der Waals surface area contributed by atoms with Gasteiger partial charge in [-0.3, -0.25) is 4.79 Å². The smallest absolute Gasteiger partial charge is 0.251 e. The second kappa shape index (κ2) is 7.24. The Kier molecular flexibility index (Phi) is 5.58. The molecule has 2 N–H and O–H groups in total. The number of hydrogen-bond donors (Lipinski definition) is 2. The van der Waals surface area contributed by atoms with Crippen LogP contribution >= 0.6 is 0 Å². The van der Waals surface area contributed by atoms with Crippen LogP contribution in [0.2, 0.25) is 0 Å². The normalized spacial score (nSPS) is 16.3. The fourth-order valence-corrected chi connectivity index (χ4v) is 3.41. The number of benzene rings is 1. The minimum atomic E-state index is -3.54. The van der Waals surface area contributed by atoms with Gasteiger partial charge in [0.25, 0.3) is 5.91 Å². The summed E-state index contributed by atoms with van der Waals surface area (Å²) < 4.78 is 27.0. The van der Waals surface area contributed by atoms with Crippen molar-refractivity contribution in [2.45, 2.75) is 50.5 Å². The monoisotopic (exact) mass is 324 g/mol. The Bertz CT molecular complexity index is 624. The molecule has 1 unspecified atom stereocenters. The van der Waals surface area contributed by atoms with Crippen LogP contribution in [0.5, 0.6) is 0 Å². The second-order valence-electron chi connectivity index (χ2n) is 5.99. The molecule has 1 saturated carbocycles. The summed E-state index contributed by atoms with van der Waals surface area (Å²) in [6.07, 6.45) is 4.05. The second-order valence-corrected chi connectivity index (χ2v) is 7.75. The van der Waals surface area contributed by atoms with Crippen LogP contribution in [-0.2, 0) is 10.0 Å². The van der Waals surface area contributed by atoms with Crippen molar-refractivity contribution in [2.24, 2.45) is 5.92 Å². The number of carbonyl (C=O) groups is 1. The lowest BCUT2D eigenvalue weighted by atomic mass is 10.1. The summed E-state index contributed by atoms with van der Waals surface area (Å²) in [6.45, 7) is 4.48. The number of rotatable bonds is 8. The molecule has 1 aliphatic carbocycles. The molecule has 0 saturated heterocycles. The summed E-state index contributed by atoms with van der Waals surface area (Å²) in [5.74, 6) is 0.233. The van der Waals surface area contributed by atoms with E-state index in [2.05, 4.69) is 17.0 Å². The molecule has 1 aromatic rings. The van der Waals surface area contributed by atoms with E-state index in [9.17, 15) is 13.2 Å². The summed E-state index contributed by atoms with van der Waals surface area (Å²) in [5, 5.41) is 2.88. The van der Waals surface area contributed by atoms with Crippen molar-refractivity contribution in [3.05, 3.63) is 29.8 Å². The zero-order valence-electron chi connectivity index (χ0n) is 13.1. The fourth-order valence-electron chi connectivity index (χ4n) is 2.25. The van der Waals surface area contributed by atoms with Crippen molar-refractivity contribution in [2.75, 3.05) is 6.54 Å². The number of sulfonamides is 1. The van der Waals surface area contributed by atoms with Crippen LogP contribution in [0.25, 0.3) is 0 Å². The van der Waals surface area contributed by atoms with Gasteiger partial charge in [-0.15, -0.1) is 0 Å². The zero-order chi connectivity index (χ0) is 16.2. The molecule has 22 heavy (non-hydrogen) atoms. The van der Waals surface area contributed by atoms with E-state index in [1.807, 2.05) is 6.92 Å². The van der Waals surface area contributed by atoms with Gasteiger partial charge in [0.2, 0.25) is 10.0 Å². The first kappa shape index (κ1) is 17.0. The Morgan fingerprint density at radius 3 is 2.73 bits per heavy atom.